The molecule has 1 N–H and O–H groups in total. The molecule has 0 aliphatic rings. The lowest BCUT2D eigenvalue weighted by molar-refractivity contribution is 0.0102. The summed E-state index contributed by atoms with van der Waals surface area (Å²) in [6, 6.07) is 2.07. The van der Waals surface area contributed by atoms with E-state index < -0.39 is 0 Å². The van der Waals surface area contributed by atoms with Gasteiger partial charge in [-0.2, -0.15) is 0 Å². The third-order valence-corrected chi connectivity index (χ3v) is 2.74. The van der Waals surface area contributed by atoms with Gasteiger partial charge in [-0.15, -0.1) is 0 Å². The van der Waals surface area contributed by atoms with E-state index in [1.165, 1.54) is 5.56 Å². The maximum absolute atomic E-state index is 5.67. The van der Waals surface area contributed by atoms with Crippen LogP contribution in [0.4, 0.5) is 0 Å². The van der Waals surface area contributed by atoms with Gasteiger partial charge in [0.25, 0.3) is 0 Å². The average Bonchev–Trinajstić information content (AvgIpc) is 2.70. The summed E-state index contributed by atoms with van der Waals surface area (Å²) < 4.78 is 16.6. The zero-order valence-electron chi connectivity index (χ0n) is 12.6. The van der Waals surface area contributed by atoms with E-state index in [2.05, 4.69) is 18.3 Å². The van der Waals surface area contributed by atoms with E-state index in [9.17, 15) is 0 Å². The van der Waals surface area contributed by atoms with Crippen LogP contribution < -0.4 is 5.32 Å². The Kier molecular flexibility index (Phi) is 7.79. The van der Waals surface area contributed by atoms with Crippen LogP contribution in [0, 0.1) is 6.92 Å². The van der Waals surface area contributed by atoms with Crippen LogP contribution in [-0.2, 0) is 22.6 Å². The van der Waals surface area contributed by atoms with Gasteiger partial charge < -0.3 is 19.2 Å². The van der Waals surface area contributed by atoms with Crippen LogP contribution in [0.15, 0.2) is 10.5 Å². The molecule has 1 heterocycles. The van der Waals surface area contributed by atoms with Crippen molar-refractivity contribution in [3.8, 4) is 0 Å². The molecule has 0 amide bonds. The molecule has 0 aliphatic carbocycles. The van der Waals surface area contributed by atoms with E-state index in [4.69, 9.17) is 13.9 Å². The summed E-state index contributed by atoms with van der Waals surface area (Å²) in [6.45, 7) is 11.8. The highest BCUT2D eigenvalue weighted by Crippen LogP contribution is 2.15. The summed E-state index contributed by atoms with van der Waals surface area (Å²) in [7, 11) is 0. The normalized spacial score (nSPS) is 11.4. The van der Waals surface area contributed by atoms with E-state index in [-0.39, 0.29) is 6.10 Å². The van der Waals surface area contributed by atoms with Crippen LogP contribution in [0.5, 0.6) is 0 Å². The van der Waals surface area contributed by atoms with Gasteiger partial charge in [0.1, 0.15) is 18.1 Å². The molecule has 0 unspecified atom stereocenters. The fourth-order valence-electron chi connectivity index (χ4n) is 1.75. The second kappa shape index (κ2) is 9.13. The number of furan rings is 1. The van der Waals surface area contributed by atoms with Crippen molar-refractivity contribution in [1.82, 2.24) is 5.32 Å². The van der Waals surface area contributed by atoms with Gasteiger partial charge in [0.2, 0.25) is 0 Å². The molecular weight excluding hydrogens is 242 g/mol. The predicted octanol–water partition coefficient (Wildman–Crippen LogP) is 3.03. The molecule has 4 heteroatoms. The number of hydrogen-bond donors (Lipinski definition) is 1. The van der Waals surface area contributed by atoms with Gasteiger partial charge in [-0.3, -0.25) is 0 Å². The van der Waals surface area contributed by atoms with Crippen LogP contribution in [-0.4, -0.2) is 25.9 Å². The standard InChI is InChI=1S/C15H27NO3/c1-5-6-16-10-14-9-15(19-13(14)4)11-17-7-8-18-12(2)3/h9,12,16H,5-8,10-11H2,1-4H3. The Morgan fingerprint density at radius 3 is 2.79 bits per heavy atom. The molecule has 0 spiro atoms. The van der Waals surface area contributed by atoms with Gasteiger partial charge in [-0.25, -0.2) is 0 Å². The van der Waals surface area contributed by atoms with E-state index in [0.29, 0.717) is 19.8 Å². The van der Waals surface area contributed by atoms with E-state index in [1.54, 1.807) is 0 Å². The topological polar surface area (TPSA) is 43.6 Å². The minimum Gasteiger partial charge on any atom is -0.464 e. The predicted molar refractivity (Wildman–Crippen MR) is 76.2 cm³/mol. The molecule has 4 nitrogen and oxygen atoms in total. The van der Waals surface area contributed by atoms with Gasteiger partial charge in [0.05, 0.1) is 19.3 Å². The Morgan fingerprint density at radius 1 is 1.32 bits per heavy atom. The lowest BCUT2D eigenvalue weighted by Gasteiger charge is -2.06. The largest absolute Gasteiger partial charge is 0.464 e. The second-order valence-corrected chi connectivity index (χ2v) is 4.94. The van der Waals surface area contributed by atoms with Crippen molar-refractivity contribution in [2.75, 3.05) is 19.8 Å². The molecule has 19 heavy (non-hydrogen) atoms. The summed E-state index contributed by atoms with van der Waals surface area (Å²) in [5.74, 6) is 1.86. The molecule has 0 atom stereocenters. The molecule has 0 radical (unpaired) electrons. The van der Waals surface area contributed by atoms with Crippen LogP contribution in [0.25, 0.3) is 0 Å². The lowest BCUT2D eigenvalue weighted by Crippen LogP contribution is -2.13. The molecule has 1 aromatic heterocycles. The van der Waals surface area contributed by atoms with E-state index in [1.807, 2.05) is 20.8 Å². The average molecular weight is 269 g/mol. The minimum atomic E-state index is 0.255. The van der Waals surface area contributed by atoms with Crippen LogP contribution >= 0.6 is 0 Å². The molecule has 0 saturated heterocycles. The van der Waals surface area contributed by atoms with Gasteiger partial charge in [0, 0.05) is 12.1 Å². The second-order valence-electron chi connectivity index (χ2n) is 4.94. The van der Waals surface area contributed by atoms with Crippen LogP contribution in [0.1, 0.15) is 44.3 Å². The molecule has 110 valence electrons. The molecule has 1 rings (SSSR count). The number of ether oxygens (including phenoxy) is 2. The van der Waals surface area contributed by atoms with E-state index in [0.717, 1.165) is 31.0 Å². The van der Waals surface area contributed by atoms with E-state index >= 15 is 0 Å². The Morgan fingerprint density at radius 2 is 2.11 bits per heavy atom. The third kappa shape index (κ3) is 6.76. The Hall–Kier alpha value is -0.840. The minimum absolute atomic E-state index is 0.255. The lowest BCUT2D eigenvalue weighted by atomic mass is 10.2. The van der Waals surface area contributed by atoms with Crippen molar-refractivity contribution in [3.05, 3.63) is 23.2 Å². The van der Waals surface area contributed by atoms with Gasteiger partial charge in [-0.05, 0) is 39.8 Å². The molecule has 0 fully saturated rings. The Balaban J connectivity index is 2.25. The maximum atomic E-state index is 5.67. The van der Waals surface area contributed by atoms with Crippen molar-refractivity contribution in [2.24, 2.45) is 0 Å². The van der Waals surface area contributed by atoms with Gasteiger partial charge in [0.15, 0.2) is 0 Å². The molecule has 0 bridgehead atoms. The fraction of sp³-hybridized carbons (Fsp3) is 0.733. The number of nitrogens with one attached hydrogen (secondary N) is 1. The molecule has 1 aromatic rings. The zero-order valence-corrected chi connectivity index (χ0v) is 12.6. The molecule has 0 aromatic carbocycles. The fourth-order valence-corrected chi connectivity index (χ4v) is 1.75. The van der Waals surface area contributed by atoms with Crippen molar-refractivity contribution in [1.29, 1.82) is 0 Å². The summed E-state index contributed by atoms with van der Waals surface area (Å²) in [4.78, 5) is 0. The molecule has 0 saturated carbocycles. The highest BCUT2D eigenvalue weighted by Gasteiger charge is 2.07. The summed E-state index contributed by atoms with van der Waals surface area (Å²) in [5.41, 5.74) is 1.21. The smallest absolute Gasteiger partial charge is 0.130 e. The first-order valence-electron chi connectivity index (χ1n) is 7.11. The van der Waals surface area contributed by atoms with Gasteiger partial charge >= 0.3 is 0 Å². The highest BCUT2D eigenvalue weighted by atomic mass is 16.5. The summed E-state index contributed by atoms with van der Waals surface area (Å²) in [5, 5.41) is 3.37. The maximum Gasteiger partial charge on any atom is 0.130 e. The van der Waals surface area contributed by atoms with Crippen molar-refractivity contribution in [2.45, 2.75) is 53.4 Å². The Labute approximate surface area is 116 Å². The van der Waals surface area contributed by atoms with Crippen molar-refractivity contribution >= 4 is 0 Å². The van der Waals surface area contributed by atoms with Crippen molar-refractivity contribution in [3.63, 3.8) is 0 Å². The zero-order chi connectivity index (χ0) is 14.1. The first kappa shape index (κ1) is 16.2. The summed E-state index contributed by atoms with van der Waals surface area (Å²) in [6.07, 6.45) is 1.40. The quantitative estimate of drug-likeness (QED) is 0.663. The van der Waals surface area contributed by atoms with Crippen molar-refractivity contribution < 1.29 is 13.9 Å². The van der Waals surface area contributed by atoms with Gasteiger partial charge in [-0.1, -0.05) is 6.92 Å². The summed E-state index contributed by atoms with van der Waals surface area (Å²) >= 11 is 0. The Bertz CT molecular complexity index is 347. The number of rotatable bonds is 10. The first-order chi connectivity index (χ1) is 9.13. The monoisotopic (exact) mass is 269 g/mol. The van der Waals surface area contributed by atoms with Crippen LogP contribution in [0.3, 0.4) is 0 Å². The molecule has 0 aliphatic heterocycles. The SMILES string of the molecule is CCCNCc1cc(COCCOC(C)C)oc1C. The third-order valence-electron chi connectivity index (χ3n) is 2.74. The number of hydrogen-bond acceptors (Lipinski definition) is 4. The highest BCUT2D eigenvalue weighted by molar-refractivity contribution is 5.20. The van der Waals surface area contributed by atoms with Crippen LogP contribution in [0.2, 0.25) is 0 Å². The molecular formula is C15H27NO3. The number of aryl methyl sites for hydroxylation is 1. The first-order valence-corrected chi connectivity index (χ1v) is 7.11.